The van der Waals surface area contributed by atoms with E-state index in [9.17, 15) is 9.59 Å². The minimum atomic E-state index is -0.280. The van der Waals surface area contributed by atoms with E-state index in [1.807, 2.05) is 6.07 Å². The Bertz CT molecular complexity index is 1230. The molecule has 1 aliphatic rings. The van der Waals surface area contributed by atoms with Gasteiger partial charge in [0.25, 0.3) is 5.91 Å². The van der Waals surface area contributed by atoms with Crippen molar-refractivity contribution in [3.8, 4) is 11.5 Å². The number of halogens is 3. The summed E-state index contributed by atoms with van der Waals surface area (Å²) in [6.45, 7) is 0.344. The highest BCUT2D eigenvalue weighted by molar-refractivity contribution is 6.31. The van der Waals surface area contributed by atoms with Gasteiger partial charge >= 0.3 is 0 Å². The Kier molecular flexibility index (Phi) is 6.84. The lowest BCUT2D eigenvalue weighted by Crippen LogP contribution is -2.31. The van der Waals surface area contributed by atoms with Crippen molar-refractivity contribution in [1.82, 2.24) is 4.90 Å². The van der Waals surface area contributed by atoms with Gasteiger partial charge < -0.3 is 14.5 Å². The molecule has 0 bridgehead atoms. The fraction of sp³-hybridized carbons (Fsp3) is 0.200. The molecule has 1 unspecified atom stereocenters. The highest BCUT2D eigenvalue weighted by atomic mass is 35.5. The van der Waals surface area contributed by atoms with Gasteiger partial charge in [-0.15, -0.1) is 0 Å². The Morgan fingerprint density at radius 3 is 2.39 bits per heavy atom. The van der Waals surface area contributed by atoms with Crippen molar-refractivity contribution in [3.63, 3.8) is 0 Å². The molecule has 0 fully saturated rings. The van der Waals surface area contributed by atoms with Crippen LogP contribution in [0.3, 0.4) is 0 Å². The number of fused-ring (bicyclic) bond motifs is 1. The summed E-state index contributed by atoms with van der Waals surface area (Å²) in [5, 5.41) is 1.48. The van der Waals surface area contributed by atoms with E-state index in [0.29, 0.717) is 38.7 Å². The number of hydrogen-bond donors (Lipinski definition) is 0. The zero-order valence-electron chi connectivity index (χ0n) is 18.0. The highest BCUT2D eigenvalue weighted by Gasteiger charge is 2.35. The summed E-state index contributed by atoms with van der Waals surface area (Å²) in [6, 6.07) is 17.2. The summed E-state index contributed by atoms with van der Waals surface area (Å²) in [7, 11) is 3.43. The Labute approximate surface area is 207 Å². The smallest absolute Gasteiger partial charge is 0.262 e. The maximum atomic E-state index is 13.7. The second-order valence-electron chi connectivity index (χ2n) is 8.01. The molecule has 4 rings (SSSR count). The third kappa shape index (κ3) is 5.11. The molecule has 1 heterocycles. The lowest BCUT2D eigenvalue weighted by Gasteiger charge is -2.20. The van der Waals surface area contributed by atoms with Crippen LogP contribution < -0.4 is 9.64 Å². The van der Waals surface area contributed by atoms with E-state index in [4.69, 9.17) is 39.5 Å². The molecular weight excluding hydrogens is 483 g/mol. The summed E-state index contributed by atoms with van der Waals surface area (Å²) in [5.41, 5.74) is 1.89. The van der Waals surface area contributed by atoms with Crippen molar-refractivity contribution in [2.75, 3.05) is 25.5 Å². The summed E-state index contributed by atoms with van der Waals surface area (Å²) in [6.07, 6.45) is 0.269. The van der Waals surface area contributed by atoms with E-state index in [-0.39, 0.29) is 24.2 Å². The standard InChI is InChI=1S/C25H21Cl3N2O3/c1-29(2)24(31)10-15-14-30(22-8-6-17(27)12-20(15)22)25(32)21-13-18(28)7-9-23(21)33-19-5-3-4-16(26)11-19/h3-9,11-13,15H,10,14H2,1-2H3. The maximum absolute atomic E-state index is 13.7. The van der Waals surface area contributed by atoms with E-state index in [1.54, 1.807) is 78.5 Å². The van der Waals surface area contributed by atoms with Crippen LogP contribution in [0.5, 0.6) is 11.5 Å². The summed E-state index contributed by atoms with van der Waals surface area (Å²) in [5.74, 6) is 0.386. The fourth-order valence-electron chi connectivity index (χ4n) is 3.84. The summed E-state index contributed by atoms with van der Waals surface area (Å²) < 4.78 is 5.98. The number of rotatable bonds is 5. The lowest BCUT2D eigenvalue weighted by molar-refractivity contribution is -0.129. The van der Waals surface area contributed by atoms with Gasteiger partial charge in [-0.25, -0.2) is 0 Å². The van der Waals surface area contributed by atoms with Gasteiger partial charge in [-0.2, -0.15) is 0 Å². The van der Waals surface area contributed by atoms with Crippen molar-refractivity contribution in [2.24, 2.45) is 0 Å². The monoisotopic (exact) mass is 502 g/mol. The summed E-state index contributed by atoms with van der Waals surface area (Å²) in [4.78, 5) is 29.3. The number of ether oxygens (including phenoxy) is 1. The highest BCUT2D eigenvalue weighted by Crippen LogP contribution is 2.42. The Hall–Kier alpha value is -2.73. The first-order valence-corrected chi connectivity index (χ1v) is 11.4. The molecule has 8 heteroatoms. The lowest BCUT2D eigenvalue weighted by atomic mass is 9.97. The van der Waals surface area contributed by atoms with E-state index >= 15 is 0 Å². The van der Waals surface area contributed by atoms with Gasteiger partial charge in [0.1, 0.15) is 11.5 Å². The predicted octanol–water partition coefficient (Wildman–Crippen LogP) is 6.66. The van der Waals surface area contributed by atoms with Crippen LogP contribution in [0, 0.1) is 0 Å². The number of nitrogens with zero attached hydrogens (tertiary/aromatic N) is 2. The van der Waals surface area contributed by atoms with Gasteiger partial charge in [0.05, 0.1) is 5.56 Å². The molecule has 0 radical (unpaired) electrons. The quantitative estimate of drug-likeness (QED) is 0.391. The molecule has 2 amide bonds. The molecule has 0 spiro atoms. The van der Waals surface area contributed by atoms with Gasteiger partial charge in [0, 0.05) is 53.7 Å². The molecule has 0 aromatic heterocycles. The number of hydrogen-bond acceptors (Lipinski definition) is 3. The van der Waals surface area contributed by atoms with Crippen LogP contribution in [-0.2, 0) is 4.79 Å². The van der Waals surface area contributed by atoms with E-state index in [2.05, 4.69) is 0 Å². The zero-order valence-corrected chi connectivity index (χ0v) is 20.3. The van der Waals surface area contributed by atoms with Crippen LogP contribution in [0.2, 0.25) is 15.1 Å². The van der Waals surface area contributed by atoms with Crippen molar-refractivity contribution in [2.45, 2.75) is 12.3 Å². The van der Waals surface area contributed by atoms with Crippen molar-refractivity contribution < 1.29 is 14.3 Å². The van der Waals surface area contributed by atoms with Crippen LogP contribution in [0.15, 0.2) is 60.7 Å². The van der Waals surface area contributed by atoms with Crippen LogP contribution in [0.1, 0.15) is 28.3 Å². The first-order chi connectivity index (χ1) is 15.7. The van der Waals surface area contributed by atoms with Crippen molar-refractivity contribution >= 4 is 52.3 Å². The number of carbonyl (C=O) groups is 2. The molecule has 3 aromatic rings. The Balaban J connectivity index is 1.69. The van der Waals surface area contributed by atoms with Gasteiger partial charge in [-0.1, -0.05) is 40.9 Å². The molecule has 33 heavy (non-hydrogen) atoms. The molecule has 0 saturated heterocycles. The van der Waals surface area contributed by atoms with Gasteiger partial charge in [-0.05, 0) is 60.2 Å². The molecule has 0 saturated carbocycles. The first-order valence-electron chi connectivity index (χ1n) is 10.3. The first kappa shape index (κ1) is 23.4. The average molecular weight is 504 g/mol. The molecular formula is C25H21Cl3N2O3. The number of amides is 2. The molecule has 1 atom stereocenters. The van der Waals surface area contributed by atoms with Crippen LogP contribution in [0.4, 0.5) is 5.69 Å². The number of carbonyl (C=O) groups excluding carboxylic acids is 2. The molecule has 0 N–H and O–H groups in total. The fourth-order valence-corrected chi connectivity index (χ4v) is 4.37. The SMILES string of the molecule is CN(C)C(=O)CC1CN(C(=O)c2cc(Cl)ccc2Oc2cccc(Cl)c2)c2ccc(Cl)cc21. The minimum absolute atomic E-state index is 0.0204. The van der Waals surface area contributed by atoms with E-state index in [1.165, 1.54) is 0 Å². The second kappa shape index (κ2) is 9.64. The molecule has 1 aliphatic heterocycles. The van der Waals surface area contributed by atoms with Crippen molar-refractivity contribution in [1.29, 1.82) is 0 Å². The normalized spacial score (nSPS) is 14.7. The third-order valence-corrected chi connectivity index (χ3v) is 6.19. The van der Waals surface area contributed by atoms with Crippen LogP contribution in [-0.4, -0.2) is 37.4 Å². The number of anilines is 1. The molecule has 170 valence electrons. The van der Waals surface area contributed by atoms with Crippen LogP contribution >= 0.6 is 34.8 Å². The van der Waals surface area contributed by atoms with Crippen molar-refractivity contribution in [3.05, 3.63) is 86.9 Å². The van der Waals surface area contributed by atoms with Gasteiger partial charge in [0.2, 0.25) is 5.91 Å². The van der Waals surface area contributed by atoms with E-state index in [0.717, 1.165) is 11.3 Å². The minimum Gasteiger partial charge on any atom is -0.456 e. The summed E-state index contributed by atoms with van der Waals surface area (Å²) >= 11 is 18.5. The Morgan fingerprint density at radius 1 is 0.970 bits per heavy atom. The largest absolute Gasteiger partial charge is 0.456 e. The molecule has 3 aromatic carbocycles. The van der Waals surface area contributed by atoms with Gasteiger partial charge in [0.15, 0.2) is 0 Å². The Morgan fingerprint density at radius 2 is 1.67 bits per heavy atom. The number of benzene rings is 3. The van der Waals surface area contributed by atoms with Gasteiger partial charge in [-0.3, -0.25) is 9.59 Å². The van der Waals surface area contributed by atoms with Crippen LogP contribution in [0.25, 0.3) is 0 Å². The second-order valence-corrected chi connectivity index (χ2v) is 9.32. The average Bonchev–Trinajstić information content (AvgIpc) is 3.12. The molecule has 5 nitrogen and oxygen atoms in total. The third-order valence-electron chi connectivity index (χ3n) is 5.48. The topological polar surface area (TPSA) is 49.9 Å². The molecule has 0 aliphatic carbocycles. The van der Waals surface area contributed by atoms with E-state index < -0.39 is 0 Å². The predicted molar refractivity (Wildman–Crippen MR) is 132 cm³/mol. The zero-order chi connectivity index (χ0) is 23.7. The maximum Gasteiger partial charge on any atom is 0.262 e.